The predicted molar refractivity (Wildman–Crippen MR) is 80.7 cm³/mol. The van der Waals surface area contributed by atoms with E-state index in [0.717, 1.165) is 17.7 Å². The highest BCUT2D eigenvalue weighted by Gasteiger charge is 2.37. The fraction of sp³-hybridized carbons (Fsp3) is 0.538. The molecular weight excluding hydrogens is 280 g/mol. The summed E-state index contributed by atoms with van der Waals surface area (Å²) >= 11 is 1.48. The van der Waals surface area contributed by atoms with E-state index in [1.54, 1.807) is 0 Å². The number of hydrogen-bond donors (Lipinski definition) is 2. The SMILES string of the molecule is CCC1CC1NS(=O)(=O)CCSc1ccccc1N. The number of benzene rings is 1. The van der Waals surface area contributed by atoms with Crippen LogP contribution < -0.4 is 10.5 Å². The Kier molecular flexibility index (Phi) is 4.76. The number of para-hydroxylation sites is 1. The van der Waals surface area contributed by atoms with E-state index in [0.29, 0.717) is 17.4 Å². The average Bonchev–Trinajstić information content (AvgIpc) is 3.09. The lowest BCUT2D eigenvalue weighted by Gasteiger charge is -2.07. The van der Waals surface area contributed by atoms with Crippen molar-refractivity contribution in [3.05, 3.63) is 24.3 Å². The number of nitrogens with one attached hydrogen (secondary N) is 1. The minimum absolute atomic E-state index is 0.138. The molecule has 2 rings (SSSR count). The molecule has 19 heavy (non-hydrogen) atoms. The van der Waals surface area contributed by atoms with Gasteiger partial charge in [0.2, 0.25) is 10.0 Å². The zero-order valence-corrected chi connectivity index (χ0v) is 12.6. The van der Waals surface area contributed by atoms with Gasteiger partial charge in [-0.1, -0.05) is 25.5 Å². The summed E-state index contributed by atoms with van der Waals surface area (Å²) in [6, 6.07) is 7.68. The van der Waals surface area contributed by atoms with E-state index < -0.39 is 10.0 Å². The zero-order chi connectivity index (χ0) is 13.9. The molecule has 1 fully saturated rings. The lowest BCUT2D eigenvalue weighted by atomic mass is 10.3. The van der Waals surface area contributed by atoms with Crippen molar-refractivity contribution < 1.29 is 8.42 Å². The molecule has 0 spiro atoms. The summed E-state index contributed by atoms with van der Waals surface area (Å²) in [5.74, 6) is 1.19. The van der Waals surface area contributed by atoms with Gasteiger partial charge in [-0.25, -0.2) is 13.1 Å². The summed E-state index contributed by atoms with van der Waals surface area (Å²) in [5.41, 5.74) is 6.51. The average molecular weight is 300 g/mol. The van der Waals surface area contributed by atoms with Crippen LogP contribution in [0, 0.1) is 5.92 Å². The van der Waals surface area contributed by atoms with Crippen molar-refractivity contribution in [1.82, 2.24) is 4.72 Å². The zero-order valence-electron chi connectivity index (χ0n) is 11.0. The van der Waals surface area contributed by atoms with Gasteiger partial charge in [-0.2, -0.15) is 0 Å². The number of nitrogen functional groups attached to an aromatic ring is 1. The van der Waals surface area contributed by atoms with Crippen LogP contribution >= 0.6 is 11.8 Å². The summed E-state index contributed by atoms with van der Waals surface area (Å²) in [6.07, 6.45) is 2.02. The van der Waals surface area contributed by atoms with Crippen molar-refractivity contribution in [2.24, 2.45) is 5.92 Å². The third kappa shape index (κ3) is 4.40. The van der Waals surface area contributed by atoms with Crippen molar-refractivity contribution in [3.8, 4) is 0 Å². The Hall–Kier alpha value is -0.720. The highest BCUT2D eigenvalue weighted by molar-refractivity contribution is 8.00. The summed E-state index contributed by atoms with van der Waals surface area (Å²) in [4.78, 5) is 0.940. The number of anilines is 1. The Morgan fingerprint density at radius 1 is 1.42 bits per heavy atom. The number of thioether (sulfide) groups is 1. The first-order valence-electron chi connectivity index (χ1n) is 6.49. The summed E-state index contributed by atoms with van der Waals surface area (Å²) in [7, 11) is -3.16. The van der Waals surface area contributed by atoms with Crippen LogP contribution in [0.25, 0.3) is 0 Å². The largest absolute Gasteiger partial charge is 0.398 e. The van der Waals surface area contributed by atoms with E-state index in [1.165, 1.54) is 11.8 Å². The van der Waals surface area contributed by atoms with Gasteiger partial charge in [0.1, 0.15) is 0 Å². The molecule has 106 valence electrons. The Bertz CT molecular complexity index is 531. The van der Waals surface area contributed by atoms with E-state index in [9.17, 15) is 8.42 Å². The molecule has 0 aromatic heterocycles. The molecule has 0 amide bonds. The van der Waals surface area contributed by atoms with Gasteiger partial charge >= 0.3 is 0 Å². The van der Waals surface area contributed by atoms with E-state index in [1.807, 2.05) is 24.3 Å². The first-order valence-corrected chi connectivity index (χ1v) is 9.13. The van der Waals surface area contributed by atoms with Crippen LogP contribution in [0.5, 0.6) is 0 Å². The Labute approximate surface area is 119 Å². The molecule has 4 nitrogen and oxygen atoms in total. The summed E-state index contributed by atoms with van der Waals surface area (Å²) in [5, 5.41) is 0. The van der Waals surface area contributed by atoms with Crippen molar-refractivity contribution in [2.45, 2.75) is 30.7 Å². The third-order valence-electron chi connectivity index (χ3n) is 3.31. The minimum Gasteiger partial charge on any atom is -0.398 e. The first-order chi connectivity index (χ1) is 9.02. The number of rotatable bonds is 7. The van der Waals surface area contributed by atoms with Crippen LogP contribution in [-0.4, -0.2) is 26.0 Å². The van der Waals surface area contributed by atoms with Crippen molar-refractivity contribution >= 4 is 27.5 Å². The van der Waals surface area contributed by atoms with Gasteiger partial charge < -0.3 is 5.73 Å². The van der Waals surface area contributed by atoms with Crippen molar-refractivity contribution in [2.75, 3.05) is 17.2 Å². The highest BCUT2D eigenvalue weighted by Crippen LogP contribution is 2.33. The molecule has 1 aliphatic carbocycles. The number of hydrogen-bond acceptors (Lipinski definition) is 4. The van der Waals surface area contributed by atoms with Gasteiger partial charge in [0.25, 0.3) is 0 Å². The topological polar surface area (TPSA) is 72.2 Å². The van der Waals surface area contributed by atoms with E-state index in [2.05, 4.69) is 11.6 Å². The monoisotopic (exact) mass is 300 g/mol. The predicted octanol–water partition coefficient (Wildman–Crippen LogP) is 2.08. The second-order valence-electron chi connectivity index (χ2n) is 4.83. The standard InChI is InChI=1S/C13H20N2O2S2/c1-2-10-9-12(10)15-19(16,17)8-7-18-13-6-4-3-5-11(13)14/h3-6,10,12,15H,2,7-9,14H2,1H3. The fourth-order valence-corrected chi connectivity index (χ4v) is 4.71. The van der Waals surface area contributed by atoms with E-state index in [-0.39, 0.29) is 11.8 Å². The first kappa shape index (κ1) is 14.7. The lowest BCUT2D eigenvalue weighted by Crippen LogP contribution is -2.30. The third-order valence-corrected chi connectivity index (χ3v) is 6.06. The maximum atomic E-state index is 11.9. The van der Waals surface area contributed by atoms with Crippen LogP contribution in [0.2, 0.25) is 0 Å². The van der Waals surface area contributed by atoms with Crippen LogP contribution in [-0.2, 0) is 10.0 Å². The molecule has 0 bridgehead atoms. The quantitative estimate of drug-likeness (QED) is 0.597. The maximum absolute atomic E-state index is 11.9. The molecule has 3 N–H and O–H groups in total. The van der Waals surface area contributed by atoms with Crippen molar-refractivity contribution in [1.29, 1.82) is 0 Å². The molecule has 1 aromatic rings. The Balaban J connectivity index is 1.77. The fourth-order valence-electron chi connectivity index (χ4n) is 2.01. The number of nitrogens with two attached hydrogens (primary N) is 1. The Morgan fingerprint density at radius 3 is 2.79 bits per heavy atom. The maximum Gasteiger partial charge on any atom is 0.212 e. The van der Waals surface area contributed by atoms with Gasteiger partial charge in [-0.15, -0.1) is 11.8 Å². The molecule has 2 unspecified atom stereocenters. The highest BCUT2D eigenvalue weighted by atomic mass is 32.2. The van der Waals surface area contributed by atoms with Gasteiger partial charge in [-0.05, 0) is 24.5 Å². The molecule has 0 saturated heterocycles. The molecule has 2 atom stereocenters. The van der Waals surface area contributed by atoms with E-state index in [4.69, 9.17) is 5.73 Å². The molecule has 0 aliphatic heterocycles. The van der Waals surface area contributed by atoms with Gasteiger partial charge in [0.05, 0.1) is 5.75 Å². The molecular formula is C13H20N2O2S2. The molecule has 1 aromatic carbocycles. The van der Waals surface area contributed by atoms with Crippen molar-refractivity contribution in [3.63, 3.8) is 0 Å². The second-order valence-corrected chi connectivity index (χ2v) is 7.84. The van der Waals surface area contributed by atoms with Gasteiger partial charge in [0.15, 0.2) is 0 Å². The van der Waals surface area contributed by atoms with Crippen LogP contribution in [0.1, 0.15) is 19.8 Å². The normalized spacial score (nSPS) is 22.4. The lowest BCUT2D eigenvalue weighted by molar-refractivity contribution is 0.577. The van der Waals surface area contributed by atoms with Crippen LogP contribution in [0.15, 0.2) is 29.2 Å². The van der Waals surface area contributed by atoms with Crippen LogP contribution in [0.3, 0.4) is 0 Å². The van der Waals surface area contributed by atoms with Gasteiger partial charge in [-0.3, -0.25) is 0 Å². The van der Waals surface area contributed by atoms with Crippen LogP contribution in [0.4, 0.5) is 5.69 Å². The van der Waals surface area contributed by atoms with E-state index >= 15 is 0 Å². The number of sulfonamides is 1. The molecule has 1 saturated carbocycles. The summed E-state index contributed by atoms with van der Waals surface area (Å²) < 4.78 is 26.5. The van der Waals surface area contributed by atoms with Gasteiger partial charge in [0, 0.05) is 22.4 Å². The molecule has 6 heteroatoms. The second kappa shape index (κ2) is 6.15. The summed E-state index contributed by atoms with van der Waals surface area (Å²) in [6.45, 7) is 2.09. The molecule has 1 aliphatic rings. The molecule has 0 heterocycles. The Morgan fingerprint density at radius 2 is 2.16 bits per heavy atom. The minimum atomic E-state index is -3.16. The molecule has 0 radical (unpaired) electrons. The smallest absolute Gasteiger partial charge is 0.212 e.